The van der Waals surface area contributed by atoms with E-state index in [2.05, 4.69) is 5.32 Å². The van der Waals surface area contributed by atoms with Gasteiger partial charge in [-0.25, -0.2) is 13.2 Å². The predicted octanol–water partition coefficient (Wildman–Crippen LogP) is 3.20. The molecule has 0 aliphatic rings. The molecule has 0 aliphatic carbocycles. The van der Waals surface area contributed by atoms with Crippen LogP contribution in [0.5, 0.6) is 0 Å². The van der Waals surface area contributed by atoms with E-state index in [1.807, 2.05) is 6.92 Å². The number of sulfone groups is 1. The average molecular weight is 381 g/mol. The molecule has 1 aromatic carbocycles. The van der Waals surface area contributed by atoms with Crippen LogP contribution >= 0.6 is 11.3 Å². The van der Waals surface area contributed by atoms with Gasteiger partial charge in [0, 0.05) is 16.7 Å². The maximum Gasteiger partial charge on any atom is 0.341 e. The van der Waals surface area contributed by atoms with E-state index in [9.17, 15) is 18.0 Å². The zero-order chi connectivity index (χ0) is 18.8. The molecule has 0 bridgehead atoms. The van der Waals surface area contributed by atoms with E-state index in [4.69, 9.17) is 4.74 Å². The number of aryl methyl sites for hydroxylation is 1. The first kappa shape index (κ1) is 19.1. The van der Waals surface area contributed by atoms with Crippen molar-refractivity contribution in [1.82, 2.24) is 0 Å². The van der Waals surface area contributed by atoms with E-state index < -0.39 is 21.7 Å². The van der Waals surface area contributed by atoms with Gasteiger partial charge in [0.25, 0.3) is 5.91 Å². The van der Waals surface area contributed by atoms with E-state index in [0.717, 1.165) is 16.7 Å². The molecule has 1 N–H and O–H groups in total. The summed E-state index contributed by atoms with van der Waals surface area (Å²) >= 11 is 1.28. The fourth-order valence-electron chi connectivity index (χ4n) is 2.21. The Labute approximate surface area is 150 Å². The fourth-order valence-corrected chi connectivity index (χ4v) is 3.92. The third kappa shape index (κ3) is 4.26. The van der Waals surface area contributed by atoms with Crippen molar-refractivity contribution in [2.24, 2.45) is 0 Å². The van der Waals surface area contributed by atoms with Crippen molar-refractivity contribution in [3.05, 3.63) is 45.8 Å². The Kier molecular flexibility index (Phi) is 5.64. The van der Waals surface area contributed by atoms with Crippen molar-refractivity contribution in [2.45, 2.75) is 25.7 Å². The zero-order valence-corrected chi connectivity index (χ0v) is 16.0. The lowest BCUT2D eigenvalue weighted by atomic mass is 10.1. The minimum Gasteiger partial charge on any atom is -0.462 e. The van der Waals surface area contributed by atoms with Gasteiger partial charge in [-0.15, -0.1) is 11.3 Å². The number of ether oxygens (including phenoxy) is 1. The number of esters is 1. The first-order chi connectivity index (χ1) is 11.6. The molecule has 2 rings (SSSR count). The van der Waals surface area contributed by atoms with Gasteiger partial charge in [-0.1, -0.05) is 6.07 Å². The van der Waals surface area contributed by atoms with E-state index in [0.29, 0.717) is 10.6 Å². The molecule has 0 saturated carbocycles. The summed E-state index contributed by atoms with van der Waals surface area (Å²) in [6.07, 6.45) is 1.08. The number of anilines is 1. The molecule has 1 aromatic heterocycles. The van der Waals surface area contributed by atoms with Crippen molar-refractivity contribution < 1.29 is 22.7 Å². The van der Waals surface area contributed by atoms with Gasteiger partial charge < -0.3 is 10.1 Å². The smallest absolute Gasteiger partial charge is 0.341 e. The summed E-state index contributed by atoms with van der Waals surface area (Å²) in [4.78, 5) is 25.6. The standard InChI is InChI=1S/C17H19NO5S2/c1-5-23-17(20)14-10(2)11(3)24-16(14)18-15(19)12-7-6-8-13(9-12)25(4,21)22/h6-9H,5H2,1-4H3,(H,18,19). The van der Waals surface area contributed by atoms with Crippen LogP contribution in [0.25, 0.3) is 0 Å². The normalized spacial score (nSPS) is 11.2. The topological polar surface area (TPSA) is 89.5 Å². The third-order valence-electron chi connectivity index (χ3n) is 3.62. The van der Waals surface area contributed by atoms with Gasteiger partial charge in [-0.3, -0.25) is 4.79 Å². The van der Waals surface area contributed by atoms with Crippen LogP contribution < -0.4 is 5.32 Å². The Bertz CT molecular complexity index is 929. The summed E-state index contributed by atoms with van der Waals surface area (Å²) in [6, 6.07) is 5.75. The first-order valence-electron chi connectivity index (χ1n) is 7.53. The molecule has 0 spiro atoms. The SMILES string of the molecule is CCOC(=O)c1c(NC(=O)c2cccc(S(C)(=O)=O)c2)sc(C)c1C. The van der Waals surface area contributed by atoms with Crippen molar-refractivity contribution in [2.75, 3.05) is 18.2 Å². The lowest BCUT2D eigenvalue weighted by Crippen LogP contribution is -2.15. The third-order valence-corrected chi connectivity index (χ3v) is 5.85. The van der Waals surface area contributed by atoms with E-state index in [1.165, 1.54) is 35.6 Å². The summed E-state index contributed by atoms with van der Waals surface area (Å²) in [5.74, 6) is -0.984. The summed E-state index contributed by atoms with van der Waals surface area (Å²) in [5, 5.41) is 3.08. The Morgan fingerprint density at radius 2 is 1.92 bits per heavy atom. The number of thiophene rings is 1. The van der Waals surface area contributed by atoms with Gasteiger partial charge in [-0.05, 0) is 44.5 Å². The van der Waals surface area contributed by atoms with Gasteiger partial charge in [0.2, 0.25) is 0 Å². The number of nitrogens with one attached hydrogen (secondary N) is 1. The largest absolute Gasteiger partial charge is 0.462 e. The van der Waals surface area contributed by atoms with Crippen molar-refractivity contribution in [1.29, 1.82) is 0 Å². The molecule has 0 unspecified atom stereocenters. The number of hydrogen-bond donors (Lipinski definition) is 1. The highest BCUT2D eigenvalue weighted by atomic mass is 32.2. The van der Waals surface area contributed by atoms with Crippen LogP contribution in [0.15, 0.2) is 29.2 Å². The second kappa shape index (κ2) is 7.37. The number of carbonyl (C=O) groups is 2. The molecule has 1 amide bonds. The van der Waals surface area contributed by atoms with Crippen LogP contribution in [-0.4, -0.2) is 33.2 Å². The van der Waals surface area contributed by atoms with Crippen molar-refractivity contribution in [3.8, 4) is 0 Å². The number of rotatable bonds is 5. The molecular weight excluding hydrogens is 362 g/mol. The minimum atomic E-state index is -3.41. The summed E-state index contributed by atoms with van der Waals surface area (Å²) < 4.78 is 28.3. The Hall–Kier alpha value is -2.19. The fraction of sp³-hybridized carbons (Fsp3) is 0.294. The summed E-state index contributed by atoms with van der Waals surface area (Å²) in [5.41, 5.74) is 1.28. The highest BCUT2D eigenvalue weighted by Crippen LogP contribution is 2.33. The molecular formula is C17H19NO5S2. The number of benzene rings is 1. The highest BCUT2D eigenvalue weighted by Gasteiger charge is 2.22. The molecule has 8 heteroatoms. The molecule has 134 valence electrons. The second-order valence-corrected chi connectivity index (χ2v) is 8.70. The molecule has 0 radical (unpaired) electrons. The Morgan fingerprint density at radius 3 is 2.52 bits per heavy atom. The van der Waals surface area contributed by atoms with Gasteiger partial charge in [0.05, 0.1) is 17.1 Å². The highest BCUT2D eigenvalue weighted by molar-refractivity contribution is 7.90. The molecule has 1 heterocycles. The van der Waals surface area contributed by atoms with E-state index >= 15 is 0 Å². The molecule has 0 fully saturated rings. The van der Waals surface area contributed by atoms with Gasteiger partial charge in [0.15, 0.2) is 9.84 Å². The zero-order valence-electron chi connectivity index (χ0n) is 14.4. The van der Waals surface area contributed by atoms with Gasteiger partial charge >= 0.3 is 5.97 Å². The molecule has 25 heavy (non-hydrogen) atoms. The summed E-state index contributed by atoms with van der Waals surface area (Å²) in [7, 11) is -3.41. The quantitative estimate of drug-likeness (QED) is 0.804. The number of amides is 1. The molecule has 0 saturated heterocycles. The van der Waals surface area contributed by atoms with E-state index in [1.54, 1.807) is 13.8 Å². The predicted molar refractivity (Wildman–Crippen MR) is 97.3 cm³/mol. The van der Waals surface area contributed by atoms with Gasteiger partial charge in [0.1, 0.15) is 5.00 Å². The molecule has 2 aromatic rings. The maximum absolute atomic E-state index is 12.5. The van der Waals surface area contributed by atoms with Crippen LogP contribution in [0.2, 0.25) is 0 Å². The minimum absolute atomic E-state index is 0.0595. The average Bonchev–Trinajstić information content (AvgIpc) is 2.81. The lowest BCUT2D eigenvalue weighted by Gasteiger charge is -2.08. The number of hydrogen-bond acceptors (Lipinski definition) is 6. The Balaban J connectivity index is 2.36. The maximum atomic E-state index is 12.5. The van der Waals surface area contributed by atoms with Crippen LogP contribution in [0.3, 0.4) is 0 Å². The van der Waals surface area contributed by atoms with Crippen LogP contribution in [0.1, 0.15) is 38.1 Å². The molecule has 0 aliphatic heterocycles. The second-order valence-electron chi connectivity index (χ2n) is 5.46. The van der Waals surface area contributed by atoms with E-state index in [-0.39, 0.29) is 17.1 Å². The van der Waals surface area contributed by atoms with Crippen LogP contribution in [0, 0.1) is 13.8 Å². The van der Waals surface area contributed by atoms with Crippen molar-refractivity contribution in [3.63, 3.8) is 0 Å². The first-order valence-corrected chi connectivity index (χ1v) is 10.2. The molecule has 6 nitrogen and oxygen atoms in total. The van der Waals surface area contributed by atoms with Gasteiger partial charge in [-0.2, -0.15) is 0 Å². The van der Waals surface area contributed by atoms with Crippen LogP contribution in [-0.2, 0) is 14.6 Å². The monoisotopic (exact) mass is 381 g/mol. The van der Waals surface area contributed by atoms with Crippen molar-refractivity contribution >= 4 is 38.1 Å². The summed E-state index contributed by atoms with van der Waals surface area (Å²) in [6.45, 7) is 5.58. The van der Waals surface area contributed by atoms with Crippen LogP contribution in [0.4, 0.5) is 5.00 Å². The molecule has 0 atom stereocenters. The lowest BCUT2D eigenvalue weighted by molar-refractivity contribution is 0.0527. The number of carbonyl (C=O) groups excluding carboxylic acids is 2. The Morgan fingerprint density at radius 1 is 1.24 bits per heavy atom.